The Hall–Kier alpha value is -1.76. The van der Waals surface area contributed by atoms with Gasteiger partial charge in [-0.15, -0.1) is 0 Å². The van der Waals surface area contributed by atoms with Crippen molar-refractivity contribution < 1.29 is 22.7 Å². The van der Waals surface area contributed by atoms with Gasteiger partial charge in [0, 0.05) is 5.69 Å². The van der Waals surface area contributed by atoms with Crippen LogP contribution in [0.2, 0.25) is 0 Å². The predicted molar refractivity (Wildman–Crippen MR) is 83.2 cm³/mol. The maximum absolute atomic E-state index is 13.1. The molecular weight excluding hydrogens is 309 g/mol. The van der Waals surface area contributed by atoms with Crippen molar-refractivity contribution in [2.45, 2.75) is 44.8 Å². The molecule has 1 rings (SSSR count). The minimum atomic E-state index is -4.92. The Bertz CT molecular complexity index is 536. The van der Waals surface area contributed by atoms with E-state index in [0.29, 0.717) is 5.69 Å². The van der Waals surface area contributed by atoms with Crippen molar-refractivity contribution in [2.24, 2.45) is 5.73 Å². The number of halogens is 3. The number of hydrogen-bond donors (Lipinski definition) is 2. The van der Waals surface area contributed by atoms with Gasteiger partial charge in [-0.25, -0.2) is 4.79 Å². The van der Waals surface area contributed by atoms with Crippen LogP contribution in [-0.2, 0) is 14.9 Å². The highest BCUT2D eigenvalue weighted by Crippen LogP contribution is 2.30. The van der Waals surface area contributed by atoms with Crippen LogP contribution in [0.15, 0.2) is 24.3 Å². The minimum absolute atomic E-state index is 0.0624. The lowest BCUT2D eigenvalue weighted by molar-refractivity contribution is -0.202. The number of carbonyl (C=O) groups excluding carboxylic acids is 1. The van der Waals surface area contributed by atoms with Gasteiger partial charge in [0.15, 0.2) is 0 Å². The first-order valence-corrected chi connectivity index (χ1v) is 7.29. The highest BCUT2D eigenvalue weighted by molar-refractivity contribution is 5.82. The topological polar surface area (TPSA) is 64.3 Å². The second-order valence-electron chi connectivity index (χ2n) is 6.37. The number of hydrogen-bond acceptors (Lipinski definition) is 4. The van der Waals surface area contributed by atoms with Gasteiger partial charge < -0.3 is 15.8 Å². The van der Waals surface area contributed by atoms with E-state index in [2.05, 4.69) is 10.1 Å². The van der Waals surface area contributed by atoms with E-state index in [0.717, 1.165) is 5.56 Å². The molecule has 0 fully saturated rings. The largest absolute Gasteiger partial charge is 0.464 e. The summed E-state index contributed by atoms with van der Waals surface area (Å²) in [5, 5.41) is 2.56. The highest BCUT2D eigenvalue weighted by atomic mass is 19.4. The number of esters is 1. The van der Waals surface area contributed by atoms with Gasteiger partial charge in [-0.1, -0.05) is 32.9 Å². The molecule has 0 aliphatic carbocycles. The average Bonchev–Trinajstić information content (AvgIpc) is 2.43. The monoisotopic (exact) mass is 332 g/mol. The van der Waals surface area contributed by atoms with Crippen molar-refractivity contribution in [1.29, 1.82) is 0 Å². The molecule has 130 valence electrons. The first-order chi connectivity index (χ1) is 10.4. The third-order valence-electron chi connectivity index (χ3n) is 3.47. The summed E-state index contributed by atoms with van der Waals surface area (Å²) < 4.78 is 43.9. The van der Waals surface area contributed by atoms with Crippen molar-refractivity contribution >= 4 is 11.7 Å². The predicted octanol–water partition coefficient (Wildman–Crippen LogP) is 3.22. The third kappa shape index (κ3) is 4.60. The molecule has 0 amide bonds. The second-order valence-corrected chi connectivity index (χ2v) is 6.37. The molecule has 0 aromatic heterocycles. The minimum Gasteiger partial charge on any atom is -0.464 e. The maximum Gasteiger partial charge on any atom is 0.418 e. The number of nitrogens with one attached hydrogen (secondary N) is 1. The van der Waals surface area contributed by atoms with Crippen LogP contribution < -0.4 is 11.1 Å². The summed E-state index contributed by atoms with van der Waals surface area (Å²) in [6.07, 6.45) is -4.92. The summed E-state index contributed by atoms with van der Waals surface area (Å²) in [4.78, 5) is 11.6. The quantitative estimate of drug-likeness (QED) is 0.813. The fourth-order valence-corrected chi connectivity index (χ4v) is 1.88. The fourth-order valence-electron chi connectivity index (χ4n) is 1.88. The number of benzene rings is 1. The van der Waals surface area contributed by atoms with Crippen LogP contribution >= 0.6 is 0 Å². The lowest BCUT2D eigenvalue weighted by Gasteiger charge is -2.30. The smallest absolute Gasteiger partial charge is 0.418 e. The van der Waals surface area contributed by atoms with Gasteiger partial charge in [-0.05, 0) is 30.0 Å². The lowest BCUT2D eigenvalue weighted by Crippen LogP contribution is -2.64. The van der Waals surface area contributed by atoms with E-state index in [9.17, 15) is 18.0 Å². The molecular formula is C16H23F3N2O2. The maximum atomic E-state index is 13.1. The Balaban J connectivity index is 2.89. The Morgan fingerprint density at radius 2 is 1.70 bits per heavy atom. The van der Waals surface area contributed by atoms with Crippen LogP contribution in [0, 0.1) is 0 Å². The molecule has 1 aromatic carbocycles. The molecule has 4 nitrogen and oxygen atoms in total. The van der Waals surface area contributed by atoms with E-state index in [4.69, 9.17) is 5.73 Å². The van der Waals surface area contributed by atoms with Crippen LogP contribution in [0.25, 0.3) is 0 Å². The zero-order valence-electron chi connectivity index (χ0n) is 13.8. The summed E-state index contributed by atoms with van der Waals surface area (Å²) >= 11 is 0. The molecule has 1 atom stereocenters. The molecule has 0 aliphatic rings. The van der Waals surface area contributed by atoms with Gasteiger partial charge in [-0.3, -0.25) is 0 Å². The fraction of sp³-hybridized carbons (Fsp3) is 0.562. The molecule has 7 heteroatoms. The highest BCUT2D eigenvalue weighted by Gasteiger charge is 2.58. The standard InChI is InChI=1S/C16H23F3N2O2/c1-5-23-13(22)15(20,16(17,18)19)10-21-12-8-6-11(7-9-12)14(2,3)4/h6-9,21H,5,10,20H2,1-4H3/t15-/m0/s1. The van der Waals surface area contributed by atoms with E-state index < -0.39 is 24.2 Å². The zero-order chi connectivity index (χ0) is 17.9. The average molecular weight is 332 g/mol. The van der Waals surface area contributed by atoms with Crippen molar-refractivity contribution in [2.75, 3.05) is 18.5 Å². The van der Waals surface area contributed by atoms with Gasteiger partial charge >= 0.3 is 12.1 Å². The van der Waals surface area contributed by atoms with E-state index >= 15 is 0 Å². The Morgan fingerprint density at radius 1 is 1.17 bits per heavy atom. The Morgan fingerprint density at radius 3 is 2.09 bits per heavy atom. The van der Waals surface area contributed by atoms with Crippen molar-refractivity contribution in [3.63, 3.8) is 0 Å². The van der Waals surface area contributed by atoms with Crippen LogP contribution in [0.4, 0.5) is 18.9 Å². The third-order valence-corrected chi connectivity index (χ3v) is 3.47. The summed E-state index contributed by atoms with van der Waals surface area (Å²) in [6, 6.07) is 6.95. The molecule has 3 N–H and O–H groups in total. The van der Waals surface area contributed by atoms with Crippen LogP contribution in [0.1, 0.15) is 33.3 Å². The van der Waals surface area contributed by atoms with Crippen LogP contribution in [0.5, 0.6) is 0 Å². The van der Waals surface area contributed by atoms with Crippen LogP contribution in [-0.4, -0.2) is 30.8 Å². The summed E-state index contributed by atoms with van der Waals surface area (Å²) in [7, 11) is 0. The van der Waals surface area contributed by atoms with Crippen molar-refractivity contribution in [1.82, 2.24) is 0 Å². The molecule has 0 radical (unpaired) electrons. The molecule has 1 aromatic rings. The molecule has 23 heavy (non-hydrogen) atoms. The number of alkyl halides is 3. The molecule has 0 aliphatic heterocycles. The van der Waals surface area contributed by atoms with Crippen molar-refractivity contribution in [3.8, 4) is 0 Å². The molecule has 0 bridgehead atoms. The van der Waals surface area contributed by atoms with Gasteiger partial charge in [0.2, 0.25) is 5.54 Å². The number of rotatable bonds is 5. The summed E-state index contributed by atoms with van der Waals surface area (Å²) in [6.45, 7) is 6.55. The first-order valence-electron chi connectivity index (χ1n) is 7.29. The first kappa shape index (κ1) is 19.3. The number of ether oxygens (including phenoxy) is 1. The SMILES string of the molecule is CCOC(=O)[C@@](N)(CNc1ccc(C(C)(C)C)cc1)C(F)(F)F. The van der Waals surface area contributed by atoms with Gasteiger partial charge in [-0.2, -0.15) is 13.2 Å². The molecule has 0 heterocycles. The van der Waals surface area contributed by atoms with Gasteiger partial charge in [0.25, 0.3) is 0 Å². The lowest BCUT2D eigenvalue weighted by atomic mass is 9.87. The van der Waals surface area contributed by atoms with E-state index in [-0.39, 0.29) is 12.0 Å². The van der Waals surface area contributed by atoms with E-state index in [1.165, 1.54) is 6.92 Å². The zero-order valence-corrected chi connectivity index (χ0v) is 13.8. The van der Waals surface area contributed by atoms with Gasteiger partial charge in [0.1, 0.15) is 0 Å². The number of anilines is 1. The molecule has 0 saturated heterocycles. The molecule has 0 spiro atoms. The molecule has 0 unspecified atom stereocenters. The van der Waals surface area contributed by atoms with E-state index in [1.807, 2.05) is 32.9 Å². The Kier molecular flexibility index (Phi) is 5.69. The van der Waals surface area contributed by atoms with Gasteiger partial charge in [0.05, 0.1) is 13.2 Å². The number of nitrogens with two attached hydrogens (primary N) is 1. The summed E-state index contributed by atoms with van der Waals surface area (Å²) in [5.41, 5.74) is 3.63. The molecule has 0 saturated carbocycles. The summed E-state index contributed by atoms with van der Waals surface area (Å²) in [5.74, 6) is -1.49. The second kappa shape index (κ2) is 6.78. The van der Waals surface area contributed by atoms with Crippen LogP contribution in [0.3, 0.4) is 0 Å². The Labute approximate surface area is 134 Å². The normalized spacial score (nSPS) is 15.0. The van der Waals surface area contributed by atoms with E-state index in [1.54, 1.807) is 12.1 Å². The van der Waals surface area contributed by atoms with Crippen molar-refractivity contribution in [3.05, 3.63) is 29.8 Å². The number of carbonyl (C=O) groups is 1.